The Labute approximate surface area is 329 Å². The highest BCUT2D eigenvalue weighted by atomic mass is 16.7. The van der Waals surface area contributed by atoms with Crippen LogP contribution in [0.1, 0.15) is 49.9 Å². The fourth-order valence-corrected chi connectivity index (χ4v) is 7.24. The molecule has 1 aliphatic rings. The lowest BCUT2D eigenvalue weighted by Crippen LogP contribution is -2.53. The molecule has 1 aromatic carbocycles. The summed E-state index contributed by atoms with van der Waals surface area (Å²) in [6.07, 6.45) is 5.89. The zero-order valence-corrected chi connectivity index (χ0v) is 32.6. The van der Waals surface area contributed by atoms with Crippen molar-refractivity contribution in [2.24, 2.45) is 0 Å². The number of pyridine rings is 4. The van der Waals surface area contributed by atoms with E-state index in [1.54, 1.807) is 55.7 Å². The van der Waals surface area contributed by atoms with Crippen molar-refractivity contribution in [3.05, 3.63) is 122 Å². The number of aliphatic hydroxyl groups is 4. The van der Waals surface area contributed by atoms with E-state index in [1.165, 1.54) is 55.1 Å². The molecule has 0 saturated carbocycles. The molecule has 0 aliphatic carbocycles. The molecule has 0 spiro atoms. The van der Waals surface area contributed by atoms with Crippen LogP contribution in [0.5, 0.6) is 0 Å². The molecule has 4 N–H and O–H groups in total. The first-order valence-corrected chi connectivity index (χ1v) is 18.3. The molecule has 0 unspecified atom stereocenters. The van der Waals surface area contributed by atoms with Gasteiger partial charge in [-0.1, -0.05) is 12.1 Å². The SMILES string of the molecule is BC(B)(c1cnc2c(c1)c(=O)oc1ncccc12)C(O)(O)c1cc(B2OC(C)(C)C(C)(C)O2)cc(C(O)(O)C(B)(B)c2cnc3c(c2)c(=O)oc2ncccc23)c1. The number of benzene rings is 1. The molecular formula is C38H37B5N4O10. The van der Waals surface area contributed by atoms with Crippen molar-refractivity contribution in [2.75, 3.05) is 0 Å². The van der Waals surface area contributed by atoms with E-state index >= 15 is 0 Å². The first-order valence-electron chi connectivity index (χ1n) is 18.3. The average molecular weight is 764 g/mol. The highest BCUT2D eigenvalue weighted by Gasteiger charge is 2.54. The summed E-state index contributed by atoms with van der Waals surface area (Å²) in [4.78, 5) is 43.6. The molecule has 1 saturated heterocycles. The Morgan fingerprint density at radius 3 is 1.39 bits per heavy atom. The Kier molecular flexibility index (Phi) is 8.60. The summed E-state index contributed by atoms with van der Waals surface area (Å²) >= 11 is 0. The molecule has 0 amide bonds. The Morgan fingerprint density at radius 1 is 0.579 bits per heavy atom. The lowest BCUT2D eigenvalue weighted by atomic mass is 9.45. The minimum atomic E-state index is -2.76. The molecule has 14 nitrogen and oxygen atoms in total. The van der Waals surface area contributed by atoms with E-state index < -0.39 is 51.6 Å². The van der Waals surface area contributed by atoms with Gasteiger partial charge in [-0.2, -0.15) is 0 Å². The highest BCUT2D eigenvalue weighted by Crippen LogP contribution is 2.42. The smallest absolute Gasteiger partial charge is 0.403 e. The lowest BCUT2D eigenvalue weighted by Gasteiger charge is -2.42. The first kappa shape index (κ1) is 38.7. The Hall–Kier alpha value is -5.16. The predicted molar refractivity (Wildman–Crippen MR) is 223 cm³/mol. The molecule has 0 radical (unpaired) electrons. The van der Waals surface area contributed by atoms with Gasteiger partial charge in [0.05, 0.1) is 43.8 Å². The average Bonchev–Trinajstić information content (AvgIpc) is 3.39. The summed E-state index contributed by atoms with van der Waals surface area (Å²) in [6, 6.07) is 14.0. The van der Waals surface area contributed by atoms with E-state index in [-0.39, 0.29) is 49.9 Å². The van der Waals surface area contributed by atoms with E-state index in [4.69, 9.17) is 18.1 Å². The standard InChI is InChI=1S/C38H37B5N4O10/c1-33(2)34(3,4)57-43(56-33)22-12-18(37(50,51)35(39,40)20-14-25-27(46-16-20)23-7-5-9-44-29(23)54-31(25)48)11-19(13-22)38(52,53)36(41,42)21-15-26-28(47-17-21)24-8-6-10-45-30(24)55-32(26)49/h5-17,50-53H,39-42H2,1-4H3. The van der Waals surface area contributed by atoms with Crippen LogP contribution in [0.4, 0.5) is 0 Å². The van der Waals surface area contributed by atoms with Crippen LogP contribution in [0, 0.1) is 0 Å². The first-order chi connectivity index (χ1) is 26.6. The van der Waals surface area contributed by atoms with Gasteiger partial charge in [-0.3, -0.25) is 9.97 Å². The van der Waals surface area contributed by atoms with E-state index in [0.717, 1.165) is 0 Å². The van der Waals surface area contributed by atoms with Gasteiger partial charge in [0.2, 0.25) is 11.4 Å². The zero-order valence-electron chi connectivity index (χ0n) is 32.6. The summed E-state index contributed by atoms with van der Waals surface area (Å²) in [7, 11) is 5.17. The minimum absolute atomic E-state index is 0.109. The second kappa shape index (κ2) is 12.7. The summed E-state index contributed by atoms with van der Waals surface area (Å²) in [6.45, 7) is 7.44. The molecule has 7 heterocycles. The number of nitrogens with zero attached hydrogens (tertiary/aromatic N) is 4. The molecule has 19 heteroatoms. The zero-order chi connectivity index (χ0) is 41.1. The predicted octanol–water partition coefficient (Wildman–Crippen LogP) is -1.40. The van der Waals surface area contributed by atoms with E-state index in [0.29, 0.717) is 21.8 Å². The van der Waals surface area contributed by atoms with Crippen molar-refractivity contribution in [1.82, 2.24) is 19.9 Å². The molecule has 1 fully saturated rings. The van der Waals surface area contributed by atoms with E-state index in [1.807, 2.05) is 27.7 Å². The number of hydrogen-bond acceptors (Lipinski definition) is 14. The second-order valence-corrected chi connectivity index (χ2v) is 16.8. The quantitative estimate of drug-likeness (QED) is 0.0836. The molecule has 0 atom stereocenters. The summed E-state index contributed by atoms with van der Waals surface area (Å²) in [5.41, 5.74) is -1.60. The molecule has 6 aromatic heterocycles. The Balaban J connectivity index is 1.27. The van der Waals surface area contributed by atoms with Crippen molar-refractivity contribution < 1.29 is 38.6 Å². The van der Waals surface area contributed by atoms with Gasteiger partial charge >= 0.3 is 18.4 Å². The van der Waals surface area contributed by atoms with Crippen LogP contribution in [0.15, 0.2) is 97.8 Å². The van der Waals surface area contributed by atoms with Crippen molar-refractivity contribution in [3.8, 4) is 0 Å². The summed E-state index contributed by atoms with van der Waals surface area (Å²) < 4.78 is 23.6. The molecular weight excluding hydrogens is 726 g/mol. The third-order valence-corrected chi connectivity index (χ3v) is 12.1. The maximum atomic E-state index is 13.1. The van der Waals surface area contributed by atoms with Gasteiger partial charge in [0.1, 0.15) is 31.4 Å². The third kappa shape index (κ3) is 5.86. The van der Waals surface area contributed by atoms with Gasteiger partial charge in [0, 0.05) is 35.9 Å². The van der Waals surface area contributed by atoms with Gasteiger partial charge in [-0.15, -0.1) is 0 Å². The fraction of sp³-hybridized carbons (Fsp3) is 0.263. The number of aromatic nitrogens is 4. The Bertz CT molecular complexity index is 2720. The van der Waals surface area contributed by atoms with Crippen molar-refractivity contribution >= 4 is 88.0 Å². The van der Waals surface area contributed by atoms with Crippen LogP contribution in [0.3, 0.4) is 0 Å². The van der Waals surface area contributed by atoms with Gasteiger partial charge in [0.25, 0.3) is 0 Å². The van der Waals surface area contributed by atoms with Crippen LogP contribution in [-0.2, 0) is 31.3 Å². The van der Waals surface area contributed by atoms with Gasteiger partial charge in [0.15, 0.2) is 11.6 Å². The van der Waals surface area contributed by atoms with E-state index in [9.17, 15) is 30.0 Å². The molecule has 7 aromatic rings. The van der Waals surface area contributed by atoms with Crippen molar-refractivity contribution in [3.63, 3.8) is 0 Å². The fourth-order valence-electron chi connectivity index (χ4n) is 7.24. The maximum absolute atomic E-state index is 13.1. The number of rotatable bonds is 7. The van der Waals surface area contributed by atoms with E-state index in [2.05, 4.69) is 19.9 Å². The van der Waals surface area contributed by atoms with Crippen LogP contribution in [0.25, 0.3) is 44.0 Å². The Morgan fingerprint density at radius 2 is 0.982 bits per heavy atom. The van der Waals surface area contributed by atoms with Gasteiger partial charge < -0.3 is 38.6 Å². The molecule has 0 bridgehead atoms. The van der Waals surface area contributed by atoms with Crippen LogP contribution < -0.4 is 16.7 Å². The van der Waals surface area contributed by atoms with Gasteiger partial charge in [-0.05, 0) is 97.2 Å². The van der Waals surface area contributed by atoms with Crippen LogP contribution >= 0.6 is 0 Å². The molecule has 284 valence electrons. The molecule has 57 heavy (non-hydrogen) atoms. The third-order valence-electron chi connectivity index (χ3n) is 12.1. The molecule has 1 aliphatic heterocycles. The van der Waals surface area contributed by atoms with Crippen LogP contribution in [-0.4, -0.2) is 90.1 Å². The summed E-state index contributed by atoms with van der Waals surface area (Å²) in [5.74, 6) is -5.51. The molecule has 8 rings (SSSR count). The minimum Gasteiger partial charge on any atom is -0.403 e. The van der Waals surface area contributed by atoms with Crippen molar-refractivity contribution in [2.45, 2.75) is 60.9 Å². The highest BCUT2D eigenvalue weighted by molar-refractivity contribution is 6.62. The second-order valence-electron chi connectivity index (χ2n) is 16.8. The largest absolute Gasteiger partial charge is 0.494 e. The monoisotopic (exact) mass is 764 g/mol. The van der Waals surface area contributed by atoms with Crippen molar-refractivity contribution in [1.29, 1.82) is 0 Å². The topological polar surface area (TPSA) is 211 Å². The van der Waals surface area contributed by atoms with Crippen LogP contribution in [0.2, 0.25) is 0 Å². The lowest BCUT2D eigenvalue weighted by molar-refractivity contribution is -0.188. The summed E-state index contributed by atoms with van der Waals surface area (Å²) in [5, 5.41) is 47.3. The number of fused-ring (bicyclic) bond motifs is 6. The normalized spacial score (nSPS) is 16.2. The maximum Gasteiger partial charge on any atom is 0.494 e. The number of hydrogen-bond donors (Lipinski definition) is 4. The van der Waals surface area contributed by atoms with Gasteiger partial charge in [-0.25, -0.2) is 19.6 Å².